The second-order valence-corrected chi connectivity index (χ2v) is 5.71. The van der Waals surface area contributed by atoms with Gasteiger partial charge in [-0.15, -0.1) is 0 Å². The zero-order valence-electron chi connectivity index (χ0n) is 12.7. The van der Waals surface area contributed by atoms with Crippen molar-refractivity contribution in [1.29, 1.82) is 0 Å². The van der Waals surface area contributed by atoms with Gasteiger partial charge in [0.2, 0.25) is 0 Å². The molecular weight excluding hydrogens is 246 g/mol. The number of aryl methyl sites for hydroxylation is 1. The van der Waals surface area contributed by atoms with Crippen LogP contribution in [0.1, 0.15) is 44.4 Å². The van der Waals surface area contributed by atoms with Crippen LogP contribution < -0.4 is 5.32 Å². The molecule has 0 spiro atoms. The number of nitrogens with one attached hydrogen (secondary N) is 1. The van der Waals surface area contributed by atoms with Crippen LogP contribution in [0.15, 0.2) is 42.9 Å². The van der Waals surface area contributed by atoms with E-state index in [4.69, 9.17) is 0 Å². The zero-order chi connectivity index (χ0) is 14.4. The van der Waals surface area contributed by atoms with Crippen LogP contribution in [0.3, 0.4) is 0 Å². The summed E-state index contributed by atoms with van der Waals surface area (Å²) in [5.74, 6) is 0.574. The minimum absolute atomic E-state index is 0.501. The van der Waals surface area contributed by atoms with E-state index in [9.17, 15) is 0 Å². The highest BCUT2D eigenvalue weighted by Gasteiger charge is 2.07. The minimum Gasteiger partial charge on any atom is -0.333 e. The van der Waals surface area contributed by atoms with Crippen LogP contribution in [0, 0.1) is 0 Å². The third kappa shape index (κ3) is 4.20. The first kappa shape index (κ1) is 14.8. The molecule has 0 aliphatic heterocycles. The highest BCUT2D eigenvalue weighted by atomic mass is 15.1. The Morgan fingerprint density at radius 2 is 1.90 bits per heavy atom. The van der Waals surface area contributed by atoms with Crippen molar-refractivity contribution < 1.29 is 0 Å². The number of imidazole rings is 1. The van der Waals surface area contributed by atoms with E-state index in [1.807, 2.05) is 12.5 Å². The van der Waals surface area contributed by atoms with Gasteiger partial charge in [-0.1, -0.05) is 51.1 Å². The van der Waals surface area contributed by atoms with E-state index in [0.717, 1.165) is 19.5 Å². The highest BCUT2D eigenvalue weighted by Crippen LogP contribution is 2.19. The van der Waals surface area contributed by atoms with Crippen molar-refractivity contribution in [3.8, 4) is 0 Å². The quantitative estimate of drug-likeness (QED) is 0.834. The van der Waals surface area contributed by atoms with Crippen LogP contribution in [0.4, 0.5) is 0 Å². The van der Waals surface area contributed by atoms with Gasteiger partial charge in [-0.05, 0) is 17.9 Å². The first-order valence-corrected chi connectivity index (χ1v) is 7.44. The van der Waals surface area contributed by atoms with Crippen molar-refractivity contribution in [3.63, 3.8) is 0 Å². The first-order chi connectivity index (χ1) is 9.66. The molecule has 2 rings (SSSR count). The Morgan fingerprint density at radius 3 is 2.60 bits per heavy atom. The van der Waals surface area contributed by atoms with Crippen LogP contribution in [-0.2, 0) is 13.1 Å². The Bertz CT molecular complexity index is 502. The molecule has 1 N–H and O–H groups in total. The molecular formula is C17H25N3. The maximum Gasteiger partial charge on any atom is 0.0948 e. The lowest BCUT2D eigenvalue weighted by molar-refractivity contribution is 0.527. The number of nitrogens with zero attached hydrogens (tertiary/aromatic N) is 2. The second kappa shape index (κ2) is 7.25. The molecule has 0 radical (unpaired) electrons. The Morgan fingerprint density at radius 1 is 1.15 bits per heavy atom. The summed E-state index contributed by atoms with van der Waals surface area (Å²) in [4.78, 5) is 4.27. The van der Waals surface area contributed by atoms with Crippen molar-refractivity contribution in [3.05, 3.63) is 54.1 Å². The molecule has 0 saturated heterocycles. The van der Waals surface area contributed by atoms with E-state index in [1.54, 1.807) is 0 Å². The molecule has 0 fully saturated rings. The number of aromatic nitrogens is 2. The summed E-state index contributed by atoms with van der Waals surface area (Å²) in [7, 11) is 0. The van der Waals surface area contributed by atoms with Crippen molar-refractivity contribution in [2.75, 3.05) is 0 Å². The Labute approximate surface area is 122 Å². The zero-order valence-corrected chi connectivity index (χ0v) is 12.7. The lowest BCUT2D eigenvalue weighted by atomic mass is 9.98. The average molecular weight is 271 g/mol. The summed E-state index contributed by atoms with van der Waals surface area (Å²) in [6.07, 6.45) is 5.03. The van der Waals surface area contributed by atoms with Crippen molar-refractivity contribution in [2.45, 2.75) is 52.2 Å². The smallest absolute Gasteiger partial charge is 0.0948 e. The van der Waals surface area contributed by atoms with Gasteiger partial charge in [-0.25, -0.2) is 4.98 Å². The number of benzene rings is 1. The molecule has 1 unspecified atom stereocenters. The van der Waals surface area contributed by atoms with E-state index in [-0.39, 0.29) is 0 Å². The Hall–Kier alpha value is -1.61. The molecule has 0 amide bonds. The summed E-state index contributed by atoms with van der Waals surface area (Å²) in [6, 6.07) is 11.2. The van der Waals surface area contributed by atoms with Gasteiger partial charge in [0.25, 0.3) is 0 Å². The molecule has 0 aliphatic rings. The molecule has 1 atom stereocenters. The maximum atomic E-state index is 4.27. The lowest BCUT2D eigenvalue weighted by Crippen LogP contribution is -2.23. The van der Waals surface area contributed by atoms with E-state index in [0.29, 0.717) is 12.0 Å². The summed E-state index contributed by atoms with van der Waals surface area (Å²) in [5.41, 5.74) is 2.67. The number of rotatable bonds is 7. The first-order valence-electron chi connectivity index (χ1n) is 7.44. The van der Waals surface area contributed by atoms with Gasteiger partial charge in [0.1, 0.15) is 0 Å². The predicted molar refractivity (Wildman–Crippen MR) is 83.7 cm³/mol. The number of hydrogen-bond donors (Lipinski definition) is 1. The summed E-state index contributed by atoms with van der Waals surface area (Å²) >= 11 is 0. The highest BCUT2D eigenvalue weighted by molar-refractivity contribution is 5.18. The summed E-state index contributed by atoms with van der Waals surface area (Å²) in [5, 5.41) is 3.45. The van der Waals surface area contributed by atoms with Gasteiger partial charge in [0, 0.05) is 25.3 Å². The van der Waals surface area contributed by atoms with Crippen LogP contribution in [0.2, 0.25) is 0 Å². The van der Waals surface area contributed by atoms with Gasteiger partial charge in [0.05, 0.1) is 12.0 Å². The maximum absolute atomic E-state index is 4.27. The third-order valence-electron chi connectivity index (χ3n) is 3.66. The SMILES string of the molecule is CC(C)NCc1cncn1CCC(C)c1ccccc1. The minimum atomic E-state index is 0.501. The normalized spacial score (nSPS) is 12.8. The molecule has 0 saturated carbocycles. The van der Waals surface area contributed by atoms with Gasteiger partial charge in [-0.2, -0.15) is 0 Å². The van der Waals surface area contributed by atoms with Gasteiger partial charge < -0.3 is 9.88 Å². The molecule has 1 aromatic heterocycles. The van der Waals surface area contributed by atoms with Crippen molar-refractivity contribution >= 4 is 0 Å². The summed E-state index contributed by atoms with van der Waals surface area (Å²) in [6.45, 7) is 8.53. The molecule has 108 valence electrons. The molecule has 20 heavy (non-hydrogen) atoms. The topological polar surface area (TPSA) is 29.9 Å². The van der Waals surface area contributed by atoms with Gasteiger partial charge in [-0.3, -0.25) is 0 Å². The van der Waals surface area contributed by atoms with E-state index >= 15 is 0 Å². The second-order valence-electron chi connectivity index (χ2n) is 5.71. The lowest BCUT2D eigenvalue weighted by Gasteiger charge is -2.15. The van der Waals surface area contributed by atoms with E-state index in [2.05, 4.69) is 66.0 Å². The molecule has 0 aliphatic carbocycles. The molecule has 2 aromatic rings. The molecule has 1 heterocycles. The Kier molecular flexibility index (Phi) is 5.36. The van der Waals surface area contributed by atoms with Crippen LogP contribution >= 0.6 is 0 Å². The van der Waals surface area contributed by atoms with Crippen LogP contribution in [0.5, 0.6) is 0 Å². The molecule has 0 bridgehead atoms. The number of hydrogen-bond acceptors (Lipinski definition) is 2. The molecule has 3 nitrogen and oxygen atoms in total. The summed E-state index contributed by atoms with van der Waals surface area (Å²) < 4.78 is 2.26. The molecule has 3 heteroatoms. The predicted octanol–water partition coefficient (Wildman–Crippen LogP) is 3.57. The van der Waals surface area contributed by atoms with Crippen LogP contribution in [0.25, 0.3) is 0 Å². The van der Waals surface area contributed by atoms with E-state index in [1.165, 1.54) is 11.3 Å². The fourth-order valence-corrected chi connectivity index (χ4v) is 2.29. The third-order valence-corrected chi connectivity index (χ3v) is 3.66. The van der Waals surface area contributed by atoms with Gasteiger partial charge >= 0.3 is 0 Å². The fourth-order valence-electron chi connectivity index (χ4n) is 2.29. The monoisotopic (exact) mass is 271 g/mol. The average Bonchev–Trinajstić information content (AvgIpc) is 2.91. The fraction of sp³-hybridized carbons (Fsp3) is 0.471. The van der Waals surface area contributed by atoms with Crippen LogP contribution in [-0.4, -0.2) is 15.6 Å². The van der Waals surface area contributed by atoms with Crippen molar-refractivity contribution in [2.24, 2.45) is 0 Å². The Balaban J connectivity index is 1.89. The largest absolute Gasteiger partial charge is 0.333 e. The molecule has 1 aromatic carbocycles. The van der Waals surface area contributed by atoms with E-state index < -0.39 is 0 Å². The van der Waals surface area contributed by atoms with Crippen molar-refractivity contribution in [1.82, 2.24) is 14.9 Å². The van der Waals surface area contributed by atoms with Gasteiger partial charge in [0.15, 0.2) is 0 Å². The standard InChI is InChI=1S/C17H25N3/c1-14(2)19-12-17-11-18-13-20(17)10-9-15(3)16-7-5-4-6-8-16/h4-8,11,13-15,19H,9-10,12H2,1-3H3.